The van der Waals surface area contributed by atoms with Gasteiger partial charge in [0.05, 0.1) is 0 Å². The molecule has 1 heterocycles. The maximum atomic E-state index is 4.08. The predicted molar refractivity (Wildman–Crippen MR) is 83.7 cm³/mol. The van der Waals surface area contributed by atoms with E-state index in [0.29, 0.717) is 6.04 Å². The van der Waals surface area contributed by atoms with Crippen LogP contribution in [0.5, 0.6) is 0 Å². The molecule has 1 unspecified atom stereocenters. The number of nitrogens with zero attached hydrogens (tertiary/aromatic N) is 1. The highest BCUT2D eigenvalue weighted by atomic mass is 14.9. The third kappa shape index (κ3) is 2.70. The van der Waals surface area contributed by atoms with Crippen molar-refractivity contribution in [3.05, 3.63) is 78.1 Å². The van der Waals surface area contributed by atoms with Crippen molar-refractivity contribution in [2.24, 2.45) is 0 Å². The summed E-state index contributed by atoms with van der Waals surface area (Å²) in [6.45, 7) is 0. The van der Waals surface area contributed by atoms with Crippen LogP contribution in [0.25, 0.3) is 10.8 Å². The van der Waals surface area contributed by atoms with Crippen LogP contribution in [0, 0.1) is 0 Å². The Balaban J connectivity index is 1.87. The van der Waals surface area contributed by atoms with E-state index in [4.69, 9.17) is 0 Å². The van der Waals surface area contributed by atoms with E-state index < -0.39 is 0 Å². The molecule has 0 saturated carbocycles. The van der Waals surface area contributed by atoms with Gasteiger partial charge in [0, 0.05) is 18.4 Å². The molecule has 0 fully saturated rings. The minimum atomic E-state index is 0.319. The number of pyridine rings is 1. The number of nitrogens with one attached hydrogen (secondary N) is 1. The Kier molecular flexibility index (Phi) is 3.75. The van der Waals surface area contributed by atoms with Crippen LogP contribution in [0.2, 0.25) is 0 Å². The predicted octanol–water partition coefficient (Wildman–Crippen LogP) is 3.74. The van der Waals surface area contributed by atoms with E-state index in [9.17, 15) is 0 Å². The molecule has 0 spiro atoms. The summed E-state index contributed by atoms with van der Waals surface area (Å²) in [5.41, 5.74) is 2.62. The molecule has 20 heavy (non-hydrogen) atoms. The second-order valence-corrected chi connectivity index (χ2v) is 5.01. The highest BCUT2D eigenvalue weighted by Crippen LogP contribution is 2.21. The van der Waals surface area contributed by atoms with Crippen LogP contribution >= 0.6 is 0 Å². The van der Waals surface area contributed by atoms with Gasteiger partial charge in [0.25, 0.3) is 0 Å². The average Bonchev–Trinajstić information content (AvgIpc) is 2.53. The van der Waals surface area contributed by atoms with Crippen molar-refractivity contribution in [3.63, 3.8) is 0 Å². The largest absolute Gasteiger partial charge is 0.313 e. The van der Waals surface area contributed by atoms with Crippen LogP contribution in [0.15, 0.2) is 67.0 Å². The van der Waals surface area contributed by atoms with Gasteiger partial charge in [-0.1, -0.05) is 42.5 Å². The molecular weight excluding hydrogens is 244 g/mol. The van der Waals surface area contributed by atoms with Crippen molar-refractivity contribution < 1.29 is 0 Å². The Morgan fingerprint density at radius 1 is 0.950 bits per heavy atom. The molecule has 0 amide bonds. The van der Waals surface area contributed by atoms with Gasteiger partial charge in [-0.15, -0.1) is 0 Å². The molecule has 3 aromatic rings. The molecule has 1 atom stereocenters. The fourth-order valence-corrected chi connectivity index (χ4v) is 2.58. The molecule has 0 saturated heterocycles. The molecule has 3 rings (SSSR count). The highest BCUT2D eigenvalue weighted by Gasteiger charge is 2.09. The van der Waals surface area contributed by atoms with Crippen LogP contribution in [-0.4, -0.2) is 12.0 Å². The molecule has 2 nitrogen and oxygen atoms in total. The van der Waals surface area contributed by atoms with Crippen molar-refractivity contribution in [3.8, 4) is 0 Å². The maximum absolute atomic E-state index is 4.08. The molecule has 0 aliphatic rings. The Morgan fingerprint density at radius 2 is 1.70 bits per heavy atom. The molecule has 100 valence electrons. The van der Waals surface area contributed by atoms with Gasteiger partial charge in [-0.3, -0.25) is 4.98 Å². The van der Waals surface area contributed by atoms with E-state index in [0.717, 1.165) is 6.42 Å². The van der Waals surface area contributed by atoms with Crippen LogP contribution in [0.3, 0.4) is 0 Å². The van der Waals surface area contributed by atoms with Gasteiger partial charge < -0.3 is 5.32 Å². The van der Waals surface area contributed by atoms with E-state index in [1.54, 1.807) is 0 Å². The molecule has 0 aliphatic heterocycles. The second-order valence-electron chi connectivity index (χ2n) is 5.01. The van der Waals surface area contributed by atoms with Gasteiger partial charge in [-0.2, -0.15) is 0 Å². The smallest absolute Gasteiger partial charge is 0.0359 e. The lowest BCUT2D eigenvalue weighted by Gasteiger charge is -2.16. The number of hydrogen-bond acceptors (Lipinski definition) is 2. The maximum Gasteiger partial charge on any atom is 0.0359 e. The summed E-state index contributed by atoms with van der Waals surface area (Å²) in [4.78, 5) is 4.08. The Labute approximate surface area is 119 Å². The standard InChI is InChI=1S/C18H18N2/c1-19-18(16-8-10-20-11-9-16)13-14-6-7-15-4-2-3-5-17(15)12-14/h2-12,18-19H,13H2,1H3. The van der Waals surface area contributed by atoms with Crippen LogP contribution in [-0.2, 0) is 6.42 Å². The lowest BCUT2D eigenvalue weighted by Crippen LogP contribution is -2.18. The van der Waals surface area contributed by atoms with Crippen LogP contribution in [0.1, 0.15) is 17.2 Å². The van der Waals surface area contributed by atoms with Crippen molar-refractivity contribution >= 4 is 10.8 Å². The summed E-state index contributed by atoms with van der Waals surface area (Å²) in [6.07, 6.45) is 4.67. The van der Waals surface area contributed by atoms with E-state index in [2.05, 4.69) is 64.9 Å². The Morgan fingerprint density at radius 3 is 2.45 bits per heavy atom. The van der Waals surface area contributed by atoms with Gasteiger partial charge in [-0.05, 0) is 47.5 Å². The average molecular weight is 262 g/mol. The number of rotatable bonds is 4. The zero-order valence-corrected chi connectivity index (χ0v) is 11.6. The Bertz CT molecular complexity index is 692. The first-order valence-electron chi connectivity index (χ1n) is 6.91. The van der Waals surface area contributed by atoms with Crippen LogP contribution in [0.4, 0.5) is 0 Å². The molecule has 2 aromatic carbocycles. The van der Waals surface area contributed by atoms with E-state index in [1.807, 2.05) is 19.4 Å². The van der Waals surface area contributed by atoms with Gasteiger partial charge in [0.1, 0.15) is 0 Å². The van der Waals surface area contributed by atoms with Crippen molar-refractivity contribution in [1.82, 2.24) is 10.3 Å². The first kappa shape index (κ1) is 12.8. The fraction of sp³-hybridized carbons (Fsp3) is 0.167. The summed E-state index contributed by atoms with van der Waals surface area (Å²) < 4.78 is 0. The zero-order chi connectivity index (χ0) is 13.8. The van der Waals surface area contributed by atoms with Gasteiger partial charge >= 0.3 is 0 Å². The molecule has 0 aliphatic carbocycles. The summed E-state index contributed by atoms with van der Waals surface area (Å²) >= 11 is 0. The van der Waals surface area contributed by atoms with E-state index in [-0.39, 0.29) is 0 Å². The number of likely N-dealkylation sites (N-methyl/N-ethyl adjacent to an activating group) is 1. The zero-order valence-electron chi connectivity index (χ0n) is 11.6. The van der Waals surface area contributed by atoms with E-state index >= 15 is 0 Å². The van der Waals surface area contributed by atoms with E-state index in [1.165, 1.54) is 21.9 Å². The van der Waals surface area contributed by atoms with Crippen molar-refractivity contribution in [2.45, 2.75) is 12.5 Å². The fourth-order valence-electron chi connectivity index (χ4n) is 2.58. The molecular formula is C18H18N2. The summed E-state index contributed by atoms with van der Waals surface area (Å²) in [6, 6.07) is 19.6. The number of fused-ring (bicyclic) bond motifs is 1. The summed E-state index contributed by atoms with van der Waals surface area (Å²) in [7, 11) is 2.01. The summed E-state index contributed by atoms with van der Waals surface area (Å²) in [5.74, 6) is 0. The highest BCUT2D eigenvalue weighted by molar-refractivity contribution is 5.83. The SMILES string of the molecule is CNC(Cc1ccc2ccccc2c1)c1ccncc1. The van der Waals surface area contributed by atoms with Gasteiger partial charge in [0.15, 0.2) is 0 Å². The van der Waals surface area contributed by atoms with Crippen LogP contribution < -0.4 is 5.32 Å². The van der Waals surface area contributed by atoms with Gasteiger partial charge in [-0.25, -0.2) is 0 Å². The molecule has 0 bridgehead atoms. The second kappa shape index (κ2) is 5.85. The lowest BCUT2D eigenvalue weighted by atomic mass is 9.98. The third-order valence-corrected chi connectivity index (χ3v) is 3.71. The topological polar surface area (TPSA) is 24.9 Å². The molecule has 1 N–H and O–H groups in total. The Hall–Kier alpha value is -2.19. The van der Waals surface area contributed by atoms with Crippen molar-refractivity contribution in [1.29, 1.82) is 0 Å². The molecule has 0 radical (unpaired) electrons. The normalized spacial score (nSPS) is 12.4. The monoisotopic (exact) mass is 262 g/mol. The number of benzene rings is 2. The minimum Gasteiger partial charge on any atom is -0.313 e. The number of hydrogen-bond donors (Lipinski definition) is 1. The van der Waals surface area contributed by atoms with Crippen molar-refractivity contribution in [2.75, 3.05) is 7.05 Å². The first-order valence-corrected chi connectivity index (χ1v) is 6.91. The van der Waals surface area contributed by atoms with Gasteiger partial charge in [0.2, 0.25) is 0 Å². The molecule has 1 aromatic heterocycles. The quantitative estimate of drug-likeness (QED) is 0.774. The first-order chi connectivity index (χ1) is 9.86. The lowest BCUT2D eigenvalue weighted by molar-refractivity contribution is 0.591. The third-order valence-electron chi connectivity index (χ3n) is 3.71. The minimum absolute atomic E-state index is 0.319. The summed E-state index contributed by atoms with van der Waals surface area (Å²) in [5, 5.41) is 5.98. The number of aromatic nitrogens is 1. The molecule has 2 heteroatoms.